The number of anilines is 1. The van der Waals surface area contributed by atoms with Crippen LogP contribution in [-0.4, -0.2) is 48.4 Å². The molecular formula is C16H24N4O2. The van der Waals surface area contributed by atoms with E-state index in [9.17, 15) is 4.79 Å². The van der Waals surface area contributed by atoms with Crippen molar-refractivity contribution in [2.45, 2.75) is 44.6 Å². The summed E-state index contributed by atoms with van der Waals surface area (Å²) in [6, 6.07) is 3.93. The average Bonchev–Trinajstić information content (AvgIpc) is 2.84. The van der Waals surface area contributed by atoms with E-state index in [1.807, 2.05) is 6.07 Å². The van der Waals surface area contributed by atoms with Gasteiger partial charge in [-0.2, -0.15) is 0 Å². The van der Waals surface area contributed by atoms with Crippen LogP contribution in [0.1, 0.15) is 49.0 Å². The van der Waals surface area contributed by atoms with Crippen LogP contribution in [0.15, 0.2) is 12.1 Å². The van der Waals surface area contributed by atoms with Gasteiger partial charge in [0.25, 0.3) is 5.91 Å². The molecule has 0 atom stereocenters. The molecule has 0 aromatic carbocycles. The standard InChI is InChI=1S/C16H24N4O2/c21-16(17-13-5-3-1-2-4-6-13)14-7-8-15(19-18-14)20-9-11-22-12-10-20/h7-8,13H,1-6,9-12H2,(H,17,21). The van der Waals surface area contributed by atoms with Crippen LogP contribution in [0, 0.1) is 0 Å². The molecule has 6 heteroatoms. The van der Waals surface area contributed by atoms with E-state index in [0.29, 0.717) is 18.9 Å². The predicted molar refractivity (Wildman–Crippen MR) is 84.0 cm³/mol. The monoisotopic (exact) mass is 304 g/mol. The molecule has 1 amide bonds. The molecule has 1 saturated carbocycles. The van der Waals surface area contributed by atoms with Gasteiger partial charge in [0.05, 0.1) is 13.2 Å². The zero-order valence-electron chi connectivity index (χ0n) is 13.0. The summed E-state index contributed by atoms with van der Waals surface area (Å²) in [5.41, 5.74) is 0.404. The van der Waals surface area contributed by atoms with Gasteiger partial charge in [0.1, 0.15) is 0 Å². The highest BCUT2D eigenvalue weighted by Gasteiger charge is 2.18. The first kappa shape index (κ1) is 15.2. The van der Waals surface area contributed by atoms with E-state index in [2.05, 4.69) is 20.4 Å². The van der Waals surface area contributed by atoms with Gasteiger partial charge in [0.2, 0.25) is 0 Å². The van der Waals surface area contributed by atoms with E-state index in [1.165, 1.54) is 25.7 Å². The summed E-state index contributed by atoms with van der Waals surface area (Å²) >= 11 is 0. The second kappa shape index (κ2) is 7.54. The second-order valence-electron chi connectivity index (χ2n) is 6.04. The number of carbonyl (C=O) groups excluding carboxylic acids is 1. The third-order valence-corrected chi connectivity index (χ3v) is 4.41. The molecule has 1 aromatic rings. The SMILES string of the molecule is O=C(NC1CCCCCC1)c1ccc(N2CCOCC2)nn1. The largest absolute Gasteiger partial charge is 0.378 e. The fourth-order valence-electron chi connectivity index (χ4n) is 3.09. The van der Waals surface area contributed by atoms with Crippen molar-refractivity contribution in [2.24, 2.45) is 0 Å². The molecule has 0 radical (unpaired) electrons. The van der Waals surface area contributed by atoms with E-state index in [0.717, 1.165) is 31.7 Å². The Balaban J connectivity index is 1.58. The number of carbonyl (C=O) groups is 1. The Kier molecular flexibility index (Phi) is 5.21. The Hall–Kier alpha value is -1.69. The smallest absolute Gasteiger partial charge is 0.272 e. The van der Waals surface area contributed by atoms with Crippen molar-refractivity contribution in [3.8, 4) is 0 Å². The molecule has 6 nitrogen and oxygen atoms in total. The first-order chi connectivity index (χ1) is 10.8. The number of aromatic nitrogens is 2. The highest BCUT2D eigenvalue weighted by atomic mass is 16.5. The Morgan fingerprint density at radius 3 is 2.45 bits per heavy atom. The van der Waals surface area contributed by atoms with Crippen LogP contribution in [0.2, 0.25) is 0 Å². The third kappa shape index (κ3) is 3.94. The minimum absolute atomic E-state index is 0.104. The lowest BCUT2D eigenvalue weighted by molar-refractivity contribution is 0.0927. The summed E-state index contributed by atoms with van der Waals surface area (Å²) < 4.78 is 5.32. The van der Waals surface area contributed by atoms with Crippen LogP contribution in [-0.2, 0) is 4.74 Å². The Morgan fingerprint density at radius 2 is 1.82 bits per heavy atom. The molecule has 0 spiro atoms. The van der Waals surface area contributed by atoms with Crippen molar-refractivity contribution in [3.05, 3.63) is 17.8 Å². The van der Waals surface area contributed by atoms with E-state index in [4.69, 9.17) is 4.74 Å². The van der Waals surface area contributed by atoms with E-state index < -0.39 is 0 Å². The van der Waals surface area contributed by atoms with Crippen molar-refractivity contribution in [1.82, 2.24) is 15.5 Å². The summed E-state index contributed by atoms with van der Waals surface area (Å²) in [5, 5.41) is 11.4. The molecule has 22 heavy (non-hydrogen) atoms. The van der Waals surface area contributed by atoms with Crippen molar-refractivity contribution in [1.29, 1.82) is 0 Å². The van der Waals surface area contributed by atoms with Gasteiger partial charge in [-0.1, -0.05) is 25.7 Å². The number of ether oxygens (including phenoxy) is 1. The molecular weight excluding hydrogens is 280 g/mol. The number of morpholine rings is 1. The lowest BCUT2D eigenvalue weighted by atomic mass is 10.1. The van der Waals surface area contributed by atoms with Crippen LogP contribution < -0.4 is 10.2 Å². The van der Waals surface area contributed by atoms with E-state index in [-0.39, 0.29) is 11.9 Å². The highest BCUT2D eigenvalue weighted by molar-refractivity contribution is 5.92. The van der Waals surface area contributed by atoms with Gasteiger partial charge in [-0.15, -0.1) is 10.2 Å². The molecule has 3 rings (SSSR count). The molecule has 120 valence electrons. The quantitative estimate of drug-likeness (QED) is 0.862. The van der Waals surface area contributed by atoms with Gasteiger partial charge in [-0.3, -0.25) is 4.79 Å². The van der Waals surface area contributed by atoms with E-state index >= 15 is 0 Å². The van der Waals surface area contributed by atoms with Crippen molar-refractivity contribution >= 4 is 11.7 Å². The molecule has 1 aromatic heterocycles. The maximum absolute atomic E-state index is 12.3. The fourth-order valence-corrected chi connectivity index (χ4v) is 3.09. The Morgan fingerprint density at radius 1 is 1.09 bits per heavy atom. The summed E-state index contributed by atoms with van der Waals surface area (Å²) in [7, 11) is 0. The summed E-state index contributed by atoms with van der Waals surface area (Å²) in [4.78, 5) is 14.4. The van der Waals surface area contributed by atoms with Gasteiger partial charge in [-0.05, 0) is 25.0 Å². The maximum atomic E-state index is 12.3. The number of hydrogen-bond donors (Lipinski definition) is 1. The van der Waals surface area contributed by atoms with Crippen LogP contribution in [0.4, 0.5) is 5.82 Å². The highest BCUT2D eigenvalue weighted by Crippen LogP contribution is 2.17. The van der Waals surface area contributed by atoms with Crippen LogP contribution >= 0.6 is 0 Å². The number of amides is 1. The second-order valence-corrected chi connectivity index (χ2v) is 6.04. The van der Waals surface area contributed by atoms with Crippen LogP contribution in [0.25, 0.3) is 0 Å². The Labute approximate surface area is 131 Å². The molecule has 1 N–H and O–H groups in total. The van der Waals surface area contributed by atoms with Gasteiger partial charge in [-0.25, -0.2) is 0 Å². The fraction of sp³-hybridized carbons (Fsp3) is 0.688. The minimum atomic E-state index is -0.104. The topological polar surface area (TPSA) is 67.4 Å². The van der Waals surface area contributed by atoms with Gasteiger partial charge in [0.15, 0.2) is 11.5 Å². The summed E-state index contributed by atoms with van der Waals surface area (Å²) in [6.45, 7) is 3.07. The number of nitrogens with zero attached hydrogens (tertiary/aromatic N) is 3. The number of rotatable bonds is 3. The van der Waals surface area contributed by atoms with Crippen molar-refractivity contribution in [3.63, 3.8) is 0 Å². The third-order valence-electron chi connectivity index (χ3n) is 4.41. The first-order valence-corrected chi connectivity index (χ1v) is 8.30. The number of nitrogens with one attached hydrogen (secondary N) is 1. The Bertz CT molecular complexity index is 477. The predicted octanol–water partition coefficient (Wildman–Crippen LogP) is 1.77. The molecule has 2 fully saturated rings. The zero-order valence-corrected chi connectivity index (χ0v) is 13.0. The maximum Gasteiger partial charge on any atom is 0.272 e. The van der Waals surface area contributed by atoms with Gasteiger partial charge in [0, 0.05) is 19.1 Å². The van der Waals surface area contributed by atoms with Crippen LogP contribution in [0.5, 0.6) is 0 Å². The molecule has 1 saturated heterocycles. The molecule has 2 aliphatic rings. The summed E-state index contributed by atoms with van der Waals surface area (Å²) in [6.07, 6.45) is 7.11. The van der Waals surface area contributed by atoms with Crippen LogP contribution in [0.3, 0.4) is 0 Å². The lowest BCUT2D eigenvalue weighted by Crippen LogP contribution is -2.37. The van der Waals surface area contributed by atoms with Crippen molar-refractivity contribution < 1.29 is 9.53 Å². The normalized spacial score (nSPS) is 20.5. The molecule has 0 bridgehead atoms. The lowest BCUT2D eigenvalue weighted by Gasteiger charge is -2.27. The molecule has 1 aliphatic carbocycles. The van der Waals surface area contributed by atoms with Gasteiger partial charge >= 0.3 is 0 Å². The minimum Gasteiger partial charge on any atom is -0.378 e. The molecule has 2 heterocycles. The van der Waals surface area contributed by atoms with Crippen molar-refractivity contribution in [2.75, 3.05) is 31.2 Å². The molecule has 1 aliphatic heterocycles. The van der Waals surface area contributed by atoms with E-state index in [1.54, 1.807) is 6.07 Å². The molecule has 0 unspecified atom stereocenters. The summed E-state index contributed by atoms with van der Waals surface area (Å²) in [5.74, 6) is 0.710. The first-order valence-electron chi connectivity index (χ1n) is 8.30. The number of hydrogen-bond acceptors (Lipinski definition) is 5. The van der Waals surface area contributed by atoms with Gasteiger partial charge < -0.3 is 15.0 Å². The zero-order chi connectivity index (χ0) is 15.2. The average molecular weight is 304 g/mol.